The Morgan fingerprint density at radius 3 is 3.00 bits per heavy atom. The average Bonchev–Trinajstić information content (AvgIpc) is 2.26. The van der Waals surface area contributed by atoms with Crippen LogP contribution in [0.1, 0.15) is 39.0 Å². The number of carbonyl (C=O) groups excluding carboxylic acids is 1. The van der Waals surface area contributed by atoms with E-state index in [0.29, 0.717) is 24.2 Å². The van der Waals surface area contributed by atoms with Gasteiger partial charge in [0.25, 0.3) is 0 Å². The molecule has 3 nitrogen and oxygen atoms in total. The number of fused-ring (bicyclic) bond motifs is 3. The molecule has 0 aromatic heterocycles. The Bertz CT molecular complexity index is 440. The Hall–Kier alpha value is -1.09. The molecule has 1 heterocycles. The molecule has 4 atom stereocenters. The van der Waals surface area contributed by atoms with Gasteiger partial charge in [0.1, 0.15) is 0 Å². The first-order chi connectivity index (χ1) is 8.54. The minimum absolute atomic E-state index is 0.153. The highest BCUT2D eigenvalue weighted by Crippen LogP contribution is 2.52. The average molecular weight is 246 g/mol. The molecular formula is C15H22N2O. The molecule has 1 amide bonds. The fourth-order valence-electron chi connectivity index (χ4n) is 4.46. The van der Waals surface area contributed by atoms with Crippen LogP contribution in [0.25, 0.3) is 0 Å². The minimum atomic E-state index is -0.259. The van der Waals surface area contributed by atoms with Crippen LogP contribution in [0.4, 0.5) is 0 Å². The van der Waals surface area contributed by atoms with Crippen LogP contribution in [-0.2, 0) is 4.79 Å². The Kier molecular flexibility index (Phi) is 2.63. The lowest BCUT2D eigenvalue weighted by molar-refractivity contribution is -0.121. The molecule has 1 aliphatic heterocycles. The summed E-state index contributed by atoms with van der Waals surface area (Å²) >= 11 is 0. The Morgan fingerprint density at radius 1 is 1.50 bits per heavy atom. The van der Waals surface area contributed by atoms with Gasteiger partial charge in [0.15, 0.2) is 0 Å². The van der Waals surface area contributed by atoms with Gasteiger partial charge in [0.2, 0.25) is 5.91 Å². The van der Waals surface area contributed by atoms with Crippen LogP contribution in [0.15, 0.2) is 23.9 Å². The van der Waals surface area contributed by atoms with Gasteiger partial charge >= 0.3 is 0 Å². The summed E-state index contributed by atoms with van der Waals surface area (Å²) in [6.07, 6.45) is 6.66. The first-order valence-electron chi connectivity index (χ1n) is 6.98. The number of nitrogens with one attached hydrogen (secondary N) is 1. The van der Waals surface area contributed by atoms with E-state index < -0.39 is 0 Å². The predicted octanol–water partition coefficient (Wildman–Crippen LogP) is 2.10. The van der Waals surface area contributed by atoms with Gasteiger partial charge in [-0.25, -0.2) is 0 Å². The van der Waals surface area contributed by atoms with E-state index in [9.17, 15) is 4.79 Å². The lowest BCUT2D eigenvalue weighted by atomic mass is 9.55. The standard InChI is InChI=1S/C15H22N2O/c1-3-11-10-6-9(2)8-15(11,16)12-4-5-14(18)17-13(12)7-10/h3,9-11H,1,4-8,16H2,2H3,(H,17,18)/t9-,10?,11?,15-/m1/s1. The fourth-order valence-corrected chi connectivity index (χ4v) is 4.46. The van der Waals surface area contributed by atoms with Gasteiger partial charge in [-0.3, -0.25) is 4.79 Å². The molecule has 3 N–H and O–H groups in total. The highest BCUT2D eigenvalue weighted by Gasteiger charge is 2.50. The van der Waals surface area contributed by atoms with E-state index in [0.717, 1.165) is 25.0 Å². The Balaban J connectivity index is 2.07. The number of hydrogen-bond donors (Lipinski definition) is 2. The zero-order chi connectivity index (χ0) is 12.9. The van der Waals surface area contributed by atoms with E-state index in [4.69, 9.17) is 5.73 Å². The summed E-state index contributed by atoms with van der Waals surface area (Å²) in [6, 6.07) is 0. The number of nitrogens with two attached hydrogens (primary N) is 1. The third kappa shape index (κ3) is 1.57. The van der Waals surface area contributed by atoms with Crippen LogP contribution in [0, 0.1) is 17.8 Å². The summed E-state index contributed by atoms with van der Waals surface area (Å²) in [4.78, 5) is 11.6. The normalized spacial score (nSPS) is 43.2. The van der Waals surface area contributed by atoms with Crippen molar-refractivity contribution in [2.45, 2.75) is 44.6 Å². The molecule has 2 bridgehead atoms. The largest absolute Gasteiger partial charge is 0.330 e. The molecular weight excluding hydrogens is 224 g/mol. The van der Waals surface area contributed by atoms with Crippen LogP contribution in [-0.4, -0.2) is 11.4 Å². The van der Waals surface area contributed by atoms with Crippen LogP contribution < -0.4 is 11.1 Å². The molecule has 0 aromatic carbocycles. The molecule has 0 spiro atoms. The second kappa shape index (κ2) is 3.95. The first kappa shape index (κ1) is 12.0. The monoisotopic (exact) mass is 246 g/mol. The first-order valence-corrected chi connectivity index (χ1v) is 6.98. The van der Waals surface area contributed by atoms with Gasteiger partial charge in [-0.15, -0.1) is 6.58 Å². The molecule has 1 saturated carbocycles. The topological polar surface area (TPSA) is 55.1 Å². The maximum Gasteiger partial charge on any atom is 0.224 e. The lowest BCUT2D eigenvalue weighted by Gasteiger charge is -2.53. The van der Waals surface area contributed by atoms with Gasteiger partial charge in [-0.05, 0) is 43.1 Å². The number of rotatable bonds is 1. The molecule has 3 aliphatic rings. The van der Waals surface area contributed by atoms with E-state index >= 15 is 0 Å². The second-order valence-electron chi connectivity index (χ2n) is 6.32. The van der Waals surface area contributed by atoms with E-state index in [1.165, 1.54) is 12.0 Å². The SMILES string of the molecule is C=CC1C2CC3=C(CCC(=O)N3)[C@@]1(N)C[C@H](C)C2. The van der Waals surface area contributed by atoms with Gasteiger partial charge in [-0.1, -0.05) is 13.0 Å². The van der Waals surface area contributed by atoms with Crippen molar-refractivity contribution in [3.05, 3.63) is 23.9 Å². The fraction of sp³-hybridized carbons (Fsp3) is 0.667. The molecule has 0 saturated heterocycles. The van der Waals surface area contributed by atoms with Crippen molar-refractivity contribution >= 4 is 5.91 Å². The predicted molar refractivity (Wildman–Crippen MR) is 71.5 cm³/mol. The van der Waals surface area contributed by atoms with E-state index in [1.807, 2.05) is 0 Å². The molecule has 1 fully saturated rings. The van der Waals surface area contributed by atoms with E-state index in [1.54, 1.807) is 0 Å². The summed E-state index contributed by atoms with van der Waals surface area (Å²) in [7, 11) is 0. The third-order valence-corrected chi connectivity index (χ3v) is 5.03. The van der Waals surface area contributed by atoms with Crippen molar-refractivity contribution in [1.29, 1.82) is 0 Å². The van der Waals surface area contributed by atoms with Crippen molar-refractivity contribution in [3.63, 3.8) is 0 Å². The van der Waals surface area contributed by atoms with Crippen LogP contribution in [0.2, 0.25) is 0 Å². The van der Waals surface area contributed by atoms with Crippen LogP contribution in [0.3, 0.4) is 0 Å². The Labute approximate surface area is 109 Å². The molecule has 3 rings (SSSR count). The zero-order valence-electron chi connectivity index (χ0n) is 11.0. The van der Waals surface area contributed by atoms with Crippen molar-refractivity contribution in [1.82, 2.24) is 5.32 Å². The maximum absolute atomic E-state index is 11.6. The molecule has 98 valence electrons. The summed E-state index contributed by atoms with van der Waals surface area (Å²) in [6.45, 7) is 6.29. The molecule has 3 heteroatoms. The van der Waals surface area contributed by atoms with Crippen LogP contribution >= 0.6 is 0 Å². The van der Waals surface area contributed by atoms with Crippen LogP contribution in [0.5, 0.6) is 0 Å². The van der Waals surface area contributed by atoms with Gasteiger partial charge in [0, 0.05) is 23.6 Å². The molecule has 18 heavy (non-hydrogen) atoms. The van der Waals surface area contributed by atoms with Crippen molar-refractivity contribution in [2.75, 3.05) is 0 Å². The summed E-state index contributed by atoms with van der Waals surface area (Å²) in [5.74, 6) is 1.75. The van der Waals surface area contributed by atoms with Crippen molar-refractivity contribution < 1.29 is 4.79 Å². The third-order valence-electron chi connectivity index (χ3n) is 5.03. The highest BCUT2D eigenvalue weighted by atomic mass is 16.1. The number of hydrogen-bond acceptors (Lipinski definition) is 2. The molecule has 2 unspecified atom stereocenters. The quantitative estimate of drug-likeness (QED) is 0.696. The number of carbonyl (C=O) groups is 1. The lowest BCUT2D eigenvalue weighted by Crippen LogP contribution is -2.59. The minimum Gasteiger partial charge on any atom is -0.330 e. The van der Waals surface area contributed by atoms with Gasteiger partial charge in [-0.2, -0.15) is 0 Å². The highest BCUT2D eigenvalue weighted by molar-refractivity contribution is 5.80. The smallest absolute Gasteiger partial charge is 0.224 e. The van der Waals surface area contributed by atoms with Crippen molar-refractivity contribution in [2.24, 2.45) is 23.5 Å². The second-order valence-corrected chi connectivity index (χ2v) is 6.32. The summed E-state index contributed by atoms with van der Waals surface area (Å²) in [5, 5.41) is 3.06. The Morgan fingerprint density at radius 2 is 2.28 bits per heavy atom. The van der Waals surface area contributed by atoms with Gasteiger partial charge < -0.3 is 11.1 Å². The molecule has 0 aromatic rings. The molecule has 2 aliphatic carbocycles. The summed E-state index contributed by atoms with van der Waals surface area (Å²) in [5.41, 5.74) is 8.94. The number of amides is 1. The van der Waals surface area contributed by atoms with E-state index in [2.05, 4.69) is 24.9 Å². The van der Waals surface area contributed by atoms with Gasteiger partial charge in [0.05, 0.1) is 0 Å². The molecule has 0 radical (unpaired) electrons. The maximum atomic E-state index is 11.6. The zero-order valence-corrected chi connectivity index (χ0v) is 11.0. The number of allylic oxidation sites excluding steroid dienone is 1. The van der Waals surface area contributed by atoms with E-state index in [-0.39, 0.29) is 11.4 Å². The summed E-state index contributed by atoms with van der Waals surface area (Å²) < 4.78 is 0. The van der Waals surface area contributed by atoms with Crippen molar-refractivity contribution in [3.8, 4) is 0 Å².